The van der Waals surface area contributed by atoms with Crippen molar-refractivity contribution in [1.82, 2.24) is 18.7 Å². The number of methoxy groups -OCH3 is 1. The maximum atomic E-state index is 13.3. The highest BCUT2D eigenvalue weighted by Gasteiger charge is 2.26. The van der Waals surface area contributed by atoms with E-state index in [1.165, 1.54) is 11.6 Å². The van der Waals surface area contributed by atoms with E-state index in [2.05, 4.69) is 11.0 Å². The van der Waals surface area contributed by atoms with Crippen LogP contribution in [0.15, 0.2) is 45.5 Å². The second kappa shape index (κ2) is 9.89. The summed E-state index contributed by atoms with van der Waals surface area (Å²) in [5, 5.41) is 0. The number of fused-ring (bicyclic) bond motifs is 1. The summed E-state index contributed by atoms with van der Waals surface area (Å²) < 4.78 is 10.1. The van der Waals surface area contributed by atoms with Gasteiger partial charge < -0.3 is 19.9 Å². The van der Waals surface area contributed by atoms with Crippen LogP contribution in [-0.2, 0) is 26.6 Å². The van der Waals surface area contributed by atoms with Crippen LogP contribution in [0.1, 0.15) is 32.3 Å². The minimum atomic E-state index is -0.367. The van der Waals surface area contributed by atoms with Gasteiger partial charge in [-0.1, -0.05) is 23.8 Å². The zero-order chi connectivity index (χ0) is 24.4. The summed E-state index contributed by atoms with van der Waals surface area (Å²) in [5.74, 6) is 1.46. The van der Waals surface area contributed by atoms with Gasteiger partial charge in [-0.2, -0.15) is 4.98 Å². The molecular formula is C25H34N6O3. The van der Waals surface area contributed by atoms with Crippen molar-refractivity contribution in [1.29, 1.82) is 0 Å². The monoisotopic (exact) mass is 466 g/mol. The first-order valence-electron chi connectivity index (χ1n) is 11.8. The van der Waals surface area contributed by atoms with E-state index in [-0.39, 0.29) is 17.3 Å². The third-order valence-electron chi connectivity index (χ3n) is 6.39. The molecule has 1 atom stereocenters. The predicted octanol–water partition coefficient (Wildman–Crippen LogP) is 2.04. The summed E-state index contributed by atoms with van der Waals surface area (Å²) in [5.41, 5.74) is 8.60. The number of aromatic nitrogens is 4. The molecule has 1 saturated heterocycles. The second-order valence-electron chi connectivity index (χ2n) is 9.22. The molecule has 0 amide bonds. The molecule has 1 fully saturated rings. The quantitative estimate of drug-likeness (QED) is 0.535. The van der Waals surface area contributed by atoms with Crippen LogP contribution in [0.2, 0.25) is 0 Å². The number of anilines is 1. The number of imidazole rings is 1. The van der Waals surface area contributed by atoms with Gasteiger partial charge in [0.25, 0.3) is 5.56 Å². The van der Waals surface area contributed by atoms with Crippen molar-refractivity contribution in [3.8, 4) is 5.75 Å². The van der Waals surface area contributed by atoms with Crippen LogP contribution in [0.4, 0.5) is 5.95 Å². The van der Waals surface area contributed by atoms with Crippen molar-refractivity contribution in [2.24, 2.45) is 12.8 Å². The Balaban J connectivity index is 1.85. The van der Waals surface area contributed by atoms with E-state index in [0.29, 0.717) is 43.2 Å². The van der Waals surface area contributed by atoms with E-state index >= 15 is 0 Å². The number of piperidine rings is 1. The molecule has 9 nitrogen and oxygen atoms in total. The third-order valence-corrected chi connectivity index (χ3v) is 6.39. The number of allylic oxidation sites excluding steroid dienone is 2. The Kier molecular flexibility index (Phi) is 6.92. The summed E-state index contributed by atoms with van der Waals surface area (Å²) >= 11 is 0. The van der Waals surface area contributed by atoms with Gasteiger partial charge in [0, 0.05) is 39.3 Å². The highest BCUT2D eigenvalue weighted by atomic mass is 16.5. The van der Waals surface area contributed by atoms with Crippen LogP contribution >= 0.6 is 0 Å². The van der Waals surface area contributed by atoms with Gasteiger partial charge in [-0.05, 0) is 50.8 Å². The summed E-state index contributed by atoms with van der Waals surface area (Å²) in [4.78, 5) is 33.5. The zero-order valence-corrected chi connectivity index (χ0v) is 20.5. The van der Waals surface area contributed by atoms with Gasteiger partial charge in [0.15, 0.2) is 11.2 Å². The maximum Gasteiger partial charge on any atom is 0.332 e. The van der Waals surface area contributed by atoms with Crippen molar-refractivity contribution in [3.63, 3.8) is 0 Å². The molecule has 2 aromatic heterocycles. The molecule has 1 aliphatic rings. The SMILES string of the molecule is COc1cccc(CCn2c(=O)n(C)c(=O)c3c2nc(N2CCCC(N)C2)n3CC=C(C)C)c1. The number of ether oxygens (including phenoxy) is 1. The molecule has 9 heteroatoms. The Morgan fingerprint density at radius 1 is 1.26 bits per heavy atom. The molecule has 1 aromatic carbocycles. The van der Waals surface area contributed by atoms with E-state index in [9.17, 15) is 9.59 Å². The number of nitrogens with two attached hydrogens (primary N) is 1. The molecule has 4 rings (SSSR count). The number of aryl methyl sites for hydroxylation is 2. The molecule has 2 N–H and O–H groups in total. The first kappa shape index (κ1) is 23.8. The Morgan fingerprint density at radius 2 is 2.06 bits per heavy atom. The van der Waals surface area contributed by atoms with Crippen LogP contribution in [0.5, 0.6) is 5.75 Å². The normalized spacial score (nSPS) is 16.1. The lowest BCUT2D eigenvalue weighted by atomic mass is 10.1. The predicted molar refractivity (Wildman–Crippen MR) is 135 cm³/mol. The topological polar surface area (TPSA) is 100 Å². The van der Waals surface area contributed by atoms with Gasteiger partial charge >= 0.3 is 5.69 Å². The molecule has 0 radical (unpaired) electrons. The molecule has 1 aliphatic heterocycles. The highest BCUT2D eigenvalue weighted by molar-refractivity contribution is 5.75. The van der Waals surface area contributed by atoms with E-state index in [0.717, 1.165) is 36.3 Å². The second-order valence-corrected chi connectivity index (χ2v) is 9.22. The number of hydrogen-bond acceptors (Lipinski definition) is 6. The fourth-order valence-electron chi connectivity index (χ4n) is 4.50. The Bertz CT molecular complexity index is 1330. The molecule has 0 saturated carbocycles. The molecule has 3 heterocycles. The lowest BCUT2D eigenvalue weighted by Crippen LogP contribution is -2.44. The number of rotatable bonds is 7. The number of hydrogen-bond donors (Lipinski definition) is 1. The molecule has 0 spiro atoms. The number of nitrogens with zero attached hydrogens (tertiary/aromatic N) is 5. The largest absolute Gasteiger partial charge is 0.497 e. The molecule has 1 unspecified atom stereocenters. The van der Waals surface area contributed by atoms with E-state index in [1.54, 1.807) is 11.7 Å². The Labute approximate surface area is 199 Å². The zero-order valence-electron chi connectivity index (χ0n) is 20.5. The minimum Gasteiger partial charge on any atom is -0.497 e. The first-order chi connectivity index (χ1) is 16.3. The van der Waals surface area contributed by atoms with Gasteiger partial charge in [-0.3, -0.25) is 13.9 Å². The van der Waals surface area contributed by atoms with E-state index in [1.807, 2.05) is 42.7 Å². The standard InChI is InChI=1S/C25H34N6O3/c1-17(2)10-13-30-21-22(27-24(30)29-12-6-8-19(26)16-29)31(25(33)28(3)23(21)32)14-11-18-7-5-9-20(15-18)34-4/h5,7,9-10,15,19H,6,8,11-14,16,26H2,1-4H3. The lowest BCUT2D eigenvalue weighted by Gasteiger charge is -2.31. The van der Waals surface area contributed by atoms with Gasteiger partial charge in [0.05, 0.1) is 7.11 Å². The Morgan fingerprint density at radius 3 is 2.76 bits per heavy atom. The molecule has 34 heavy (non-hydrogen) atoms. The van der Waals surface area contributed by atoms with E-state index < -0.39 is 0 Å². The fraction of sp³-hybridized carbons (Fsp3) is 0.480. The van der Waals surface area contributed by atoms with Crippen LogP contribution in [-0.4, -0.2) is 44.9 Å². The van der Waals surface area contributed by atoms with Crippen molar-refractivity contribution in [3.05, 3.63) is 62.3 Å². The lowest BCUT2D eigenvalue weighted by molar-refractivity contribution is 0.414. The average Bonchev–Trinajstić information content (AvgIpc) is 3.20. The van der Waals surface area contributed by atoms with Crippen LogP contribution in [0.25, 0.3) is 11.2 Å². The van der Waals surface area contributed by atoms with Crippen LogP contribution < -0.4 is 26.6 Å². The summed E-state index contributed by atoms with van der Waals surface area (Å²) in [7, 11) is 3.16. The molecule has 182 valence electrons. The van der Waals surface area contributed by atoms with Gasteiger partial charge in [0.2, 0.25) is 5.95 Å². The van der Waals surface area contributed by atoms with Gasteiger partial charge in [-0.25, -0.2) is 4.79 Å². The van der Waals surface area contributed by atoms with Gasteiger partial charge in [-0.15, -0.1) is 0 Å². The van der Waals surface area contributed by atoms with Crippen molar-refractivity contribution >= 4 is 17.1 Å². The van der Waals surface area contributed by atoms with E-state index in [4.69, 9.17) is 15.5 Å². The highest BCUT2D eigenvalue weighted by Crippen LogP contribution is 2.24. The Hall–Kier alpha value is -3.33. The summed E-state index contributed by atoms with van der Waals surface area (Å²) in [6.07, 6.45) is 4.61. The minimum absolute atomic E-state index is 0.0588. The van der Waals surface area contributed by atoms with Crippen molar-refractivity contribution < 1.29 is 4.74 Å². The maximum absolute atomic E-state index is 13.3. The summed E-state index contributed by atoms with van der Waals surface area (Å²) in [6, 6.07) is 7.84. The van der Waals surface area contributed by atoms with Crippen molar-refractivity contribution in [2.45, 2.75) is 52.2 Å². The first-order valence-corrected chi connectivity index (χ1v) is 11.8. The smallest absolute Gasteiger partial charge is 0.332 e. The van der Waals surface area contributed by atoms with Gasteiger partial charge in [0.1, 0.15) is 5.75 Å². The molecular weight excluding hydrogens is 432 g/mol. The van der Waals surface area contributed by atoms with Crippen molar-refractivity contribution in [2.75, 3.05) is 25.1 Å². The van der Waals surface area contributed by atoms with Crippen LogP contribution in [0, 0.1) is 0 Å². The third kappa shape index (κ3) is 4.65. The molecule has 0 bridgehead atoms. The summed E-state index contributed by atoms with van der Waals surface area (Å²) in [6.45, 7) is 6.45. The van der Waals surface area contributed by atoms with Crippen LogP contribution in [0.3, 0.4) is 0 Å². The average molecular weight is 467 g/mol. The molecule has 0 aliphatic carbocycles. The fourth-order valence-corrected chi connectivity index (χ4v) is 4.50. The molecule has 3 aromatic rings. The number of benzene rings is 1.